The van der Waals surface area contributed by atoms with Gasteiger partial charge in [0.15, 0.2) is 0 Å². The van der Waals surface area contributed by atoms with E-state index in [9.17, 15) is 4.79 Å². The van der Waals surface area contributed by atoms with Crippen molar-refractivity contribution in [3.8, 4) is 0 Å². The molecule has 2 heterocycles. The van der Waals surface area contributed by atoms with Crippen LogP contribution >= 0.6 is 0 Å². The summed E-state index contributed by atoms with van der Waals surface area (Å²) >= 11 is 0. The number of hydrogen-bond acceptors (Lipinski definition) is 3. The maximum atomic E-state index is 10.9. The van der Waals surface area contributed by atoms with E-state index in [0.717, 1.165) is 6.42 Å². The van der Waals surface area contributed by atoms with E-state index in [2.05, 4.69) is 4.90 Å². The Labute approximate surface area is 85.4 Å². The topological polar surface area (TPSA) is 29.5 Å². The van der Waals surface area contributed by atoms with E-state index >= 15 is 0 Å². The lowest BCUT2D eigenvalue weighted by atomic mass is 9.91. The summed E-state index contributed by atoms with van der Waals surface area (Å²) in [5, 5.41) is 0. The fourth-order valence-electron chi connectivity index (χ4n) is 2.75. The van der Waals surface area contributed by atoms with Crippen LogP contribution in [0.15, 0.2) is 0 Å². The first-order valence-electron chi connectivity index (χ1n) is 5.68. The monoisotopic (exact) mass is 197 g/mol. The van der Waals surface area contributed by atoms with E-state index in [4.69, 9.17) is 4.74 Å². The van der Waals surface area contributed by atoms with Crippen molar-refractivity contribution in [2.24, 2.45) is 0 Å². The van der Waals surface area contributed by atoms with Gasteiger partial charge < -0.3 is 4.74 Å². The minimum atomic E-state index is -0.123. The summed E-state index contributed by atoms with van der Waals surface area (Å²) in [5.74, 6) is -0.123. The third kappa shape index (κ3) is 2.08. The molecule has 3 heteroatoms. The van der Waals surface area contributed by atoms with Crippen molar-refractivity contribution in [3.63, 3.8) is 0 Å². The Hall–Kier alpha value is -0.570. The van der Waals surface area contributed by atoms with Crippen LogP contribution in [0.4, 0.5) is 0 Å². The number of nitrogens with zero attached hydrogens (tertiary/aromatic N) is 1. The summed E-state index contributed by atoms with van der Waals surface area (Å²) in [6.45, 7) is 3.91. The van der Waals surface area contributed by atoms with Gasteiger partial charge in [0.1, 0.15) is 6.10 Å². The summed E-state index contributed by atoms with van der Waals surface area (Å²) in [5.41, 5.74) is 0. The molecule has 0 unspecified atom stereocenters. The van der Waals surface area contributed by atoms with E-state index < -0.39 is 0 Å². The number of carbonyl (C=O) groups is 1. The van der Waals surface area contributed by atoms with Crippen LogP contribution < -0.4 is 0 Å². The molecule has 0 saturated carbocycles. The van der Waals surface area contributed by atoms with E-state index in [0.29, 0.717) is 6.04 Å². The Morgan fingerprint density at radius 3 is 2.79 bits per heavy atom. The van der Waals surface area contributed by atoms with Crippen LogP contribution in [-0.2, 0) is 9.53 Å². The highest BCUT2D eigenvalue weighted by Gasteiger charge is 2.34. The van der Waals surface area contributed by atoms with Crippen LogP contribution in [0.1, 0.15) is 39.0 Å². The first-order valence-corrected chi connectivity index (χ1v) is 5.68. The summed E-state index contributed by atoms with van der Waals surface area (Å²) in [6.07, 6.45) is 6.21. The molecule has 2 rings (SSSR count). The van der Waals surface area contributed by atoms with E-state index in [-0.39, 0.29) is 12.1 Å². The van der Waals surface area contributed by atoms with Gasteiger partial charge >= 0.3 is 5.97 Å². The van der Waals surface area contributed by atoms with Crippen LogP contribution in [0.2, 0.25) is 0 Å². The fraction of sp³-hybridized carbons (Fsp3) is 0.909. The molecule has 2 fully saturated rings. The molecule has 0 N–H and O–H groups in total. The molecule has 0 spiro atoms. The van der Waals surface area contributed by atoms with Crippen LogP contribution in [0.25, 0.3) is 0 Å². The molecule has 2 atom stereocenters. The van der Waals surface area contributed by atoms with Gasteiger partial charge in [-0.3, -0.25) is 9.69 Å². The second kappa shape index (κ2) is 4.30. The SMILES string of the molecule is CC(=O)O[C@@H]1CCCN2CCCC[C@H]12. The fourth-order valence-corrected chi connectivity index (χ4v) is 2.75. The number of piperidine rings is 2. The van der Waals surface area contributed by atoms with E-state index in [1.807, 2.05) is 0 Å². The Morgan fingerprint density at radius 1 is 1.21 bits per heavy atom. The smallest absolute Gasteiger partial charge is 0.302 e. The Bertz CT molecular complexity index is 215. The highest BCUT2D eigenvalue weighted by Crippen LogP contribution is 2.28. The third-order valence-corrected chi connectivity index (χ3v) is 3.34. The van der Waals surface area contributed by atoms with Crippen LogP contribution in [0.3, 0.4) is 0 Å². The average Bonchev–Trinajstić information content (AvgIpc) is 2.18. The van der Waals surface area contributed by atoms with Gasteiger partial charge in [-0.25, -0.2) is 0 Å². The summed E-state index contributed by atoms with van der Waals surface area (Å²) < 4.78 is 5.38. The van der Waals surface area contributed by atoms with Crippen molar-refractivity contribution in [1.82, 2.24) is 4.90 Å². The molecule has 2 saturated heterocycles. The number of hydrogen-bond donors (Lipinski definition) is 0. The summed E-state index contributed by atoms with van der Waals surface area (Å²) in [4.78, 5) is 13.4. The largest absolute Gasteiger partial charge is 0.461 e. The maximum absolute atomic E-state index is 10.9. The minimum absolute atomic E-state index is 0.123. The lowest BCUT2D eigenvalue weighted by Crippen LogP contribution is -2.51. The molecule has 0 radical (unpaired) electrons. The van der Waals surface area contributed by atoms with Crippen molar-refractivity contribution in [1.29, 1.82) is 0 Å². The maximum Gasteiger partial charge on any atom is 0.302 e. The van der Waals surface area contributed by atoms with Gasteiger partial charge in [-0.1, -0.05) is 6.42 Å². The third-order valence-electron chi connectivity index (χ3n) is 3.34. The molecule has 2 aliphatic heterocycles. The molecule has 80 valence electrons. The molecule has 0 aromatic heterocycles. The summed E-state index contributed by atoms with van der Waals surface area (Å²) in [7, 11) is 0. The zero-order valence-corrected chi connectivity index (χ0v) is 8.87. The Morgan fingerprint density at radius 2 is 2.00 bits per heavy atom. The highest BCUT2D eigenvalue weighted by atomic mass is 16.5. The molecular formula is C11H19NO2. The average molecular weight is 197 g/mol. The van der Waals surface area contributed by atoms with Gasteiger partial charge in [0.2, 0.25) is 0 Å². The van der Waals surface area contributed by atoms with Gasteiger partial charge in [0, 0.05) is 13.0 Å². The van der Waals surface area contributed by atoms with Crippen molar-refractivity contribution in [2.75, 3.05) is 13.1 Å². The predicted molar refractivity (Wildman–Crippen MR) is 54.0 cm³/mol. The second-order valence-corrected chi connectivity index (χ2v) is 4.39. The number of rotatable bonds is 1. The molecule has 0 bridgehead atoms. The van der Waals surface area contributed by atoms with E-state index in [1.165, 1.54) is 45.7 Å². The molecule has 2 aliphatic rings. The van der Waals surface area contributed by atoms with Crippen molar-refractivity contribution in [3.05, 3.63) is 0 Å². The molecule has 3 nitrogen and oxygen atoms in total. The summed E-state index contributed by atoms with van der Waals surface area (Å²) in [6, 6.07) is 0.515. The quantitative estimate of drug-likeness (QED) is 0.597. The number of fused-ring (bicyclic) bond motifs is 1. The van der Waals surface area contributed by atoms with Crippen molar-refractivity contribution >= 4 is 5.97 Å². The molecular weight excluding hydrogens is 178 g/mol. The Kier molecular flexibility index (Phi) is 3.06. The second-order valence-electron chi connectivity index (χ2n) is 4.39. The number of esters is 1. The first kappa shape index (κ1) is 9.97. The van der Waals surface area contributed by atoms with Crippen LogP contribution in [0, 0.1) is 0 Å². The zero-order valence-electron chi connectivity index (χ0n) is 8.87. The molecule has 0 aliphatic carbocycles. The van der Waals surface area contributed by atoms with Crippen LogP contribution in [-0.4, -0.2) is 36.1 Å². The number of ether oxygens (including phenoxy) is 1. The normalized spacial score (nSPS) is 33.5. The number of carbonyl (C=O) groups excluding carboxylic acids is 1. The van der Waals surface area contributed by atoms with Crippen LogP contribution in [0.5, 0.6) is 0 Å². The van der Waals surface area contributed by atoms with Gasteiger partial charge in [-0.15, -0.1) is 0 Å². The molecule has 0 aromatic carbocycles. The zero-order chi connectivity index (χ0) is 9.97. The minimum Gasteiger partial charge on any atom is -0.461 e. The standard InChI is InChI=1S/C11H19NO2/c1-9(13)14-11-6-4-8-12-7-3-2-5-10(11)12/h10-11H,2-8H2,1H3/t10-,11-/m1/s1. The van der Waals surface area contributed by atoms with Gasteiger partial charge in [-0.2, -0.15) is 0 Å². The molecule has 0 amide bonds. The van der Waals surface area contributed by atoms with Crippen molar-refractivity contribution < 1.29 is 9.53 Å². The van der Waals surface area contributed by atoms with Gasteiger partial charge in [-0.05, 0) is 38.8 Å². The highest BCUT2D eigenvalue weighted by molar-refractivity contribution is 5.66. The molecule has 14 heavy (non-hydrogen) atoms. The lowest BCUT2D eigenvalue weighted by Gasteiger charge is -2.43. The lowest BCUT2D eigenvalue weighted by molar-refractivity contribution is -0.153. The van der Waals surface area contributed by atoms with E-state index in [1.54, 1.807) is 0 Å². The van der Waals surface area contributed by atoms with Gasteiger partial charge in [0.25, 0.3) is 0 Å². The van der Waals surface area contributed by atoms with Crippen molar-refractivity contribution in [2.45, 2.75) is 51.2 Å². The first-order chi connectivity index (χ1) is 6.77. The van der Waals surface area contributed by atoms with Gasteiger partial charge in [0.05, 0.1) is 0 Å². The predicted octanol–water partition coefficient (Wildman–Crippen LogP) is 1.57. The molecule has 0 aromatic rings. The Balaban J connectivity index is 1.97.